The Hall–Kier alpha value is -2.41. The second-order valence-corrected chi connectivity index (χ2v) is 6.63. The number of benzene rings is 1. The van der Waals surface area contributed by atoms with Crippen molar-refractivity contribution in [1.29, 1.82) is 0 Å². The number of nitrogens with one attached hydrogen (secondary N) is 2. The molecule has 0 fully saturated rings. The van der Waals surface area contributed by atoms with E-state index < -0.39 is 0 Å². The van der Waals surface area contributed by atoms with Gasteiger partial charge in [0.15, 0.2) is 0 Å². The number of anilines is 2. The average molecular weight is 344 g/mol. The first-order valence-corrected chi connectivity index (χ1v) is 8.77. The highest BCUT2D eigenvalue weighted by molar-refractivity contribution is 7.15. The standard InChI is InChI=1S/C17H20N4O2S/c1-23-14-10-6-5-9-13(14)18-16(22)19-17-21-20-15(24-17)11-12-7-3-2-4-8-12/h5-7,9-10H,2-4,8,11H2,1H3,(H2,18,19,21,22). The minimum absolute atomic E-state index is 0.362. The van der Waals surface area contributed by atoms with Crippen molar-refractivity contribution in [1.82, 2.24) is 10.2 Å². The fourth-order valence-corrected chi connectivity index (χ4v) is 3.42. The number of para-hydroxylation sites is 2. The molecule has 0 atom stereocenters. The van der Waals surface area contributed by atoms with Gasteiger partial charge in [-0.1, -0.05) is 35.1 Å². The number of methoxy groups -OCH3 is 1. The molecule has 1 heterocycles. The molecule has 0 saturated carbocycles. The molecule has 2 N–H and O–H groups in total. The Balaban J connectivity index is 1.58. The van der Waals surface area contributed by atoms with E-state index >= 15 is 0 Å². The number of rotatable bonds is 5. The van der Waals surface area contributed by atoms with Crippen molar-refractivity contribution in [2.75, 3.05) is 17.7 Å². The third kappa shape index (κ3) is 4.32. The normalized spacial score (nSPS) is 14.0. The predicted molar refractivity (Wildman–Crippen MR) is 95.8 cm³/mol. The van der Waals surface area contributed by atoms with Crippen LogP contribution in [-0.2, 0) is 6.42 Å². The largest absolute Gasteiger partial charge is 0.495 e. The summed E-state index contributed by atoms with van der Waals surface area (Å²) in [6.07, 6.45) is 7.93. The van der Waals surface area contributed by atoms with Gasteiger partial charge < -0.3 is 10.1 Å². The Morgan fingerprint density at radius 3 is 2.92 bits per heavy atom. The van der Waals surface area contributed by atoms with Crippen LogP contribution in [0, 0.1) is 0 Å². The van der Waals surface area contributed by atoms with E-state index in [0.717, 1.165) is 24.3 Å². The maximum Gasteiger partial charge on any atom is 0.325 e. The van der Waals surface area contributed by atoms with Crippen LogP contribution in [-0.4, -0.2) is 23.3 Å². The van der Waals surface area contributed by atoms with Gasteiger partial charge in [0, 0.05) is 6.42 Å². The van der Waals surface area contributed by atoms with Gasteiger partial charge in [0.05, 0.1) is 12.8 Å². The monoisotopic (exact) mass is 344 g/mol. The van der Waals surface area contributed by atoms with Crippen molar-refractivity contribution < 1.29 is 9.53 Å². The van der Waals surface area contributed by atoms with Crippen molar-refractivity contribution in [3.63, 3.8) is 0 Å². The number of aromatic nitrogens is 2. The molecule has 1 aliphatic rings. The molecule has 2 amide bonds. The lowest BCUT2D eigenvalue weighted by atomic mass is 9.98. The molecule has 126 valence electrons. The third-order valence-electron chi connectivity index (χ3n) is 3.81. The van der Waals surface area contributed by atoms with Gasteiger partial charge >= 0.3 is 6.03 Å². The number of hydrogen-bond acceptors (Lipinski definition) is 5. The molecule has 6 nitrogen and oxygen atoms in total. The molecule has 2 aromatic rings. The predicted octanol–water partition coefficient (Wildman–Crippen LogP) is 4.23. The zero-order valence-electron chi connectivity index (χ0n) is 13.5. The smallest absolute Gasteiger partial charge is 0.325 e. The van der Waals surface area contributed by atoms with Crippen LogP contribution in [0.25, 0.3) is 0 Å². The number of hydrogen-bond donors (Lipinski definition) is 2. The number of ether oxygens (including phenoxy) is 1. The Bertz CT molecular complexity index is 742. The van der Waals surface area contributed by atoms with Crippen molar-refractivity contribution in [2.45, 2.75) is 32.1 Å². The van der Waals surface area contributed by atoms with E-state index in [1.165, 1.54) is 29.8 Å². The first kappa shape index (κ1) is 16.4. The first-order valence-electron chi connectivity index (χ1n) is 7.96. The lowest BCUT2D eigenvalue weighted by Crippen LogP contribution is -2.19. The number of amides is 2. The third-order valence-corrected chi connectivity index (χ3v) is 4.64. The summed E-state index contributed by atoms with van der Waals surface area (Å²) in [5, 5.41) is 15.1. The van der Waals surface area contributed by atoms with E-state index in [2.05, 4.69) is 26.9 Å². The van der Waals surface area contributed by atoms with E-state index in [-0.39, 0.29) is 6.03 Å². The van der Waals surface area contributed by atoms with Gasteiger partial charge in [-0.3, -0.25) is 5.32 Å². The topological polar surface area (TPSA) is 76.1 Å². The van der Waals surface area contributed by atoms with Crippen LogP contribution in [0.4, 0.5) is 15.6 Å². The van der Waals surface area contributed by atoms with E-state index in [9.17, 15) is 4.79 Å². The average Bonchev–Trinajstić information content (AvgIpc) is 3.03. The van der Waals surface area contributed by atoms with Crippen molar-refractivity contribution in [3.05, 3.63) is 40.9 Å². The molecule has 1 aliphatic carbocycles. The Labute approximate surface area is 145 Å². The molecular weight excluding hydrogens is 324 g/mol. The minimum Gasteiger partial charge on any atom is -0.495 e. The van der Waals surface area contributed by atoms with E-state index in [4.69, 9.17) is 4.74 Å². The summed E-state index contributed by atoms with van der Waals surface area (Å²) in [6.45, 7) is 0. The maximum atomic E-state index is 12.1. The van der Waals surface area contributed by atoms with E-state index in [1.54, 1.807) is 19.2 Å². The molecular formula is C17H20N4O2S. The molecule has 7 heteroatoms. The Morgan fingerprint density at radius 1 is 1.25 bits per heavy atom. The van der Waals surface area contributed by atoms with Gasteiger partial charge in [-0.25, -0.2) is 4.79 Å². The van der Waals surface area contributed by atoms with Gasteiger partial charge in [0.1, 0.15) is 10.8 Å². The van der Waals surface area contributed by atoms with Gasteiger partial charge in [-0.05, 0) is 37.8 Å². The fraction of sp³-hybridized carbons (Fsp3) is 0.353. The van der Waals surface area contributed by atoms with Crippen LogP contribution in [0.1, 0.15) is 30.7 Å². The second kappa shape index (κ2) is 7.92. The molecule has 0 aliphatic heterocycles. The molecule has 0 spiro atoms. The highest BCUT2D eigenvalue weighted by Crippen LogP contribution is 2.25. The summed E-state index contributed by atoms with van der Waals surface area (Å²) >= 11 is 1.41. The van der Waals surface area contributed by atoms with Gasteiger partial charge in [-0.2, -0.15) is 0 Å². The van der Waals surface area contributed by atoms with Crippen molar-refractivity contribution in [2.24, 2.45) is 0 Å². The zero-order chi connectivity index (χ0) is 16.8. The summed E-state index contributed by atoms with van der Waals surface area (Å²) in [4.78, 5) is 12.1. The number of allylic oxidation sites excluding steroid dienone is 2. The summed E-state index contributed by atoms with van der Waals surface area (Å²) < 4.78 is 5.21. The zero-order valence-corrected chi connectivity index (χ0v) is 14.4. The highest BCUT2D eigenvalue weighted by Gasteiger charge is 2.12. The van der Waals surface area contributed by atoms with E-state index in [0.29, 0.717) is 16.6 Å². The fourth-order valence-electron chi connectivity index (χ4n) is 2.63. The number of nitrogens with zero attached hydrogens (tertiary/aromatic N) is 2. The van der Waals surface area contributed by atoms with Gasteiger partial charge in [0.2, 0.25) is 5.13 Å². The second-order valence-electron chi connectivity index (χ2n) is 5.57. The first-order chi connectivity index (χ1) is 11.7. The lowest BCUT2D eigenvalue weighted by Gasteiger charge is -2.10. The minimum atomic E-state index is -0.362. The van der Waals surface area contributed by atoms with Crippen molar-refractivity contribution >= 4 is 28.2 Å². The van der Waals surface area contributed by atoms with Crippen LogP contribution >= 0.6 is 11.3 Å². The molecule has 0 saturated heterocycles. The summed E-state index contributed by atoms with van der Waals surface area (Å²) in [5.74, 6) is 0.606. The molecule has 24 heavy (non-hydrogen) atoms. The van der Waals surface area contributed by atoms with Gasteiger partial charge in [-0.15, -0.1) is 10.2 Å². The summed E-state index contributed by atoms with van der Waals surface area (Å²) in [7, 11) is 1.56. The van der Waals surface area contributed by atoms with Crippen LogP contribution < -0.4 is 15.4 Å². The maximum absolute atomic E-state index is 12.1. The SMILES string of the molecule is COc1ccccc1NC(=O)Nc1nnc(CC2=CCCCC2)s1. The lowest BCUT2D eigenvalue weighted by molar-refractivity contribution is 0.262. The number of carbonyl (C=O) groups excluding carboxylic acids is 1. The summed E-state index contributed by atoms with van der Waals surface area (Å²) in [6, 6.07) is 6.88. The van der Waals surface area contributed by atoms with Crippen LogP contribution in [0.2, 0.25) is 0 Å². The number of urea groups is 1. The van der Waals surface area contributed by atoms with Crippen molar-refractivity contribution in [3.8, 4) is 5.75 Å². The van der Waals surface area contributed by atoms with Crippen LogP contribution in [0.5, 0.6) is 5.75 Å². The molecule has 0 unspecified atom stereocenters. The van der Waals surface area contributed by atoms with Crippen LogP contribution in [0.15, 0.2) is 35.9 Å². The molecule has 3 rings (SSSR count). The molecule has 0 radical (unpaired) electrons. The molecule has 1 aromatic carbocycles. The Kier molecular flexibility index (Phi) is 5.43. The van der Waals surface area contributed by atoms with Crippen LogP contribution in [0.3, 0.4) is 0 Å². The number of carbonyl (C=O) groups is 1. The van der Waals surface area contributed by atoms with E-state index in [1.807, 2.05) is 12.1 Å². The Morgan fingerprint density at radius 2 is 2.12 bits per heavy atom. The highest BCUT2D eigenvalue weighted by atomic mass is 32.1. The summed E-state index contributed by atoms with van der Waals surface area (Å²) in [5.41, 5.74) is 2.03. The quantitative estimate of drug-likeness (QED) is 0.796. The molecule has 0 bridgehead atoms. The molecule has 1 aromatic heterocycles. The van der Waals surface area contributed by atoms with Gasteiger partial charge in [0.25, 0.3) is 0 Å².